The summed E-state index contributed by atoms with van der Waals surface area (Å²) in [4.78, 5) is 14.4. The molecule has 1 aromatic carbocycles. The molecule has 0 bridgehead atoms. The van der Waals surface area contributed by atoms with Crippen LogP contribution in [0.1, 0.15) is 46.7 Å². The van der Waals surface area contributed by atoms with E-state index in [2.05, 4.69) is 5.10 Å². The predicted molar refractivity (Wildman–Crippen MR) is 107 cm³/mol. The second-order valence-corrected chi connectivity index (χ2v) is 9.50. The molecule has 28 heavy (non-hydrogen) atoms. The Labute approximate surface area is 166 Å². The van der Waals surface area contributed by atoms with E-state index in [4.69, 9.17) is 4.74 Å². The summed E-state index contributed by atoms with van der Waals surface area (Å²) in [7, 11) is -1.22. The Morgan fingerprint density at radius 3 is 2.54 bits per heavy atom. The van der Waals surface area contributed by atoms with Crippen LogP contribution in [-0.2, 0) is 16.4 Å². The van der Waals surface area contributed by atoms with E-state index in [1.807, 2.05) is 25.5 Å². The normalized spacial score (nSPS) is 18.2. The summed E-state index contributed by atoms with van der Waals surface area (Å²) in [6.45, 7) is 6.76. The highest BCUT2D eigenvalue weighted by Crippen LogP contribution is 2.27. The summed E-state index contributed by atoms with van der Waals surface area (Å²) < 4.78 is 30.8. The Bertz CT molecular complexity index is 964. The summed E-state index contributed by atoms with van der Waals surface area (Å²) >= 11 is 0. The highest BCUT2D eigenvalue weighted by molar-refractivity contribution is 7.91. The molecule has 1 aromatic heterocycles. The fraction of sp³-hybridized carbons (Fsp3) is 0.500. The molecule has 152 valence electrons. The number of aryl methyl sites for hydroxylation is 1. The first kappa shape index (κ1) is 20.4. The molecule has 0 aliphatic carbocycles. The van der Waals surface area contributed by atoms with Gasteiger partial charge in [0.25, 0.3) is 5.91 Å². The average molecular weight is 406 g/mol. The molecule has 0 radical (unpaired) electrons. The van der Waals surface area contributed by atoms with Crippen molar-refractivity contribution in [2.45, 2.75) is 39.8 Å². The first-order chi connectivity index (χ1) is 13.2. The molecule has 2 aromatic rings. The van der Waals surface area contributed by atoms with Gasteiger partial charge in [-0.15, -0.1) is 0 Å². The smallest absolute Gasteiger partial charge is 0.253 e. The summed E-state index contributed by atoms with van der Waals surface area (Å²) in [5, 5.41) is 4.57. The first-order valence-electron chi connectivity index (χ1n) is 9.45. The molecule has 1 atom stereocenters. The summed E-state index contributed by atoms with van der Waals surface area (Å²) in [5.41, 5.74) is 3.31. The van der Waals surface area contributed by atoms with Crippen molar-refractivity contribution in [1.82, 2.24) is 14.7 Å². The van der Waals surface area contributed by atoms with E-state index in [1.54, 1.807) is 36.2 Å². The second-order valence-electron chi connectivity index (χ2n) is 7.27. The van der Waals surface area contributed by atoms with Crippen LogP contribution < -0.4 is 4.74 Å². The van der Waals surface area contributed by atoms with Gasteiger partial charge in [-0.3, -0.25) is 9.48 Å². The minimum atomic E-state index is -2.98. The van der Waals surface area contributed by atoms with Crippen LogP contribution in [0, 0.1) is 13.8 Å². The van der Waals surface area contributed by atoms with Crippen molar-refractivity contribution in [1.29, 1.82) is 0 Å². The Morgan fingerprint density at radius 2 is 1.96 bits per heavy atom. The second kappa shape index (κ2) is 7.95. The van der Waals surface area contributed by atoms with Gasteiger partial charge in [0.05, 0.1) is 29.8 Å². The lowest BCUT2D eigenvalue weighted by atomic mass is 10.1. The van der Waals surface area contributed by atoms with Crippen LogP contribution >= 0.6 is 0 Å². The third-order valence-corrected chi connectivity index (χ3v) is 6.93. The van der Waals surface area contributed by atoms with Gasteiger partial charge in [0, 0.05) is 30.4 Å². The van der Waals surface area contributed by atoms with Gasteiger partial charge in [-0.1, -0.05) is 0 Å². The number of aromatic nitrogens is 2. The zero-order valence-corrected chi connectivity index (χ0v) is 17.6. The Balaban J connectivity index is 1.75. The van der Waals surface area contributed by atoms with Crippen molar-refractivity contribution in [3.8, 4) is 5.75 Å². The molecule has 2 heterocycles. The highest BCUT2D eigenvalue weighted by atomic mass is 32.2. The van der Waals surface area contributed by atoms with E-state index in [0.717, 1.165) is 22.7 Å². The zero-order chi connectivity index (χ0) is 20.5. The van der Waals surface area contributed by atoms with E-state index >= 15 is 0 Å². The van der Waals surface area contributed by atoms with Crippen molar-refractivity contribution >= 4 is 15.7 Å². The molecule has 8 heteroatoms. The SMILES string of the molecule is CCOc1ccc(C(=O)N(C)Cc2c(C)nn([C@@H]3CCS(=O)(=O)C3)c2C)cc1. The molecule has 1 amide bonds. The summed E-state index contributed by atoms with van der Waals surface area (Å²) in [6.07, 6.45) is 0.588. The fourth-order valence-electron chi connectivity index (χ4n) is 3.64. The monoisotopic (exact) mass is 405 g/mol. The van der Waals surface area contributed by atoms with Gasteiger partial charge in [0.1, 0.15) is 5.75 Å². The fourth-order valence-corrected chi connectivity index (χ4v) is 5.33. The van der Waals surface area contributed by atoms with Gasteiger partial charge < -0.3 is 9.64 Å². The molecular formula is C20H27N3O4S. The third-order valence-electron chi connectivity index (χ3n) is 5.18. The van der Waals surface area contributed by atoms with Gasteiger partial charge in [-0.05, 0) is 51.5 Å². The van der Waals surface area contributed by atoms with Crippen LogP contribution in [-0.4, -0.2) is 54.2 Å². The van der Waals surface area contributed by atoms with E-state index < -0.39 is 9.84 Å². The molecule has 0 saturated carbocycles. The van der Waals surface area contributed by atoms with E-state index in [1.165, 1.54) is 0 Å². The van der Waals surface area contributed by atoms with E-state index in [-0.39, 0.29) is 23.5 Å². The first-order valence-corrected chi connectivity index (χ1v) is 11.3. The number of benzene rings is 1. The van der Waals surface area contributed by atoms with Gasteiger partial charge in [0.15, 0.2) is 9.84 Å². The maximum absolute atomic E-state index is 12.8. The minimum absolute atomic E-state index is 0.0851. The van der Waals surface area contributed by atoms with Crippen molar-refractivity contribution in [3.63, 3.8) is 0 Å². The number of hydrogen-bond acceptors (Lipinski definition) is 5. The Morgan fingerprint density at radius 1 is 1.29 bits per heavy atom. The molecule has 1 aliphatic heterocycles. The number of carbonyl (C=O) groups excluding carboxylic acids is 1. The summed E-state index contributed by atoms with van der Waals surface area (Å²) in [5.74, 6) is 0.996. The van der Waals surface area contributed by atoms with Crippen molar-refractivity contribution in [2.24, 2.45) is 0 Å². The number of rotatable bonds is 6. The molecule has 1 aliphatic rings. The molecule has 3 rings (SSSR count). The van der Waals surface area contributed by atoms with Crippen LogP contribution in [0.5, 0.6) is 5.75 Å². The molecule has 0 spiro atoms. The minimum Gasteiger partial charge on any atom is -0.494 e. The van der Waals surface area contributed by atoms with Crippen molar-refractivity contribution < 1.29 is 17.9 Å². The van der Waals surface area contributed by atoms with E-state index in [9.17, 15) is 13.2 Å². The maximum atomic E-state index is 12.8. The average Bonchev–Trinajstić information content (AvgIpc) is 3.15. The number of nitrogens with zero attached hydrogens (tertiary/aromatic N) is 3. The lowest BCUT2D eigenvalue weighted by molar-refractivity contribution is 0.0784. The lowest BCUT2D eigenvalue weighted by Gasteiger charge is -2.18. The molecule has 7 nitrogen and oxygen atoms in total. The highest BCUT2D eigenvalue weighted by Gasteiger charge is 2.31. The maximum Gasteiger partial charge on any atom is 0.253 e. The van der Waals surface area contributed by atoms with Gasteiger partial charge in [-0.2, -0.15) is 5.10 Å². The van der Waals surface area contributed by atoms with Crippen LogP contribution in [0.15, 0.2) is 24.3 Å². The predicted octanol–water partition coefficient (Wildman–Crippen LogP) is 2.53. The summed E-state index contributed by atoms with van der Waals surface area (Å²) in [6, 6.07) is 6.98. The molecule has 1 saturated heterocycles. The number of carbonyl (C=O) groups is 1. The Kier molecular flexibility index (Phi) is 5.79. The van der Waals surface area contributed by atoms with Crippen molar-refractivity contribution in [3.05, 3.63) is 46.8 Å². The Hall–Kier alpha value is -2.35. The largest absolute Gasteiger partial charge is 0.494 e. The standard InChI is InChI=1S/C20H27N3O4S/c1-5-27-18-8-6-16(7-9-18)20(24)22(4)12-19-14(2)21-23(15(19)3)17-10-11-28(25,26)13-17/h6-9,17H,5,10-13H2,1-4H3/t17-/m1/s1. The topological polar surface area (TPSA) is 81.5 Å². The lowest BCUT2D eigenvalue weighted by Crippen LogP contribution is -2.26. The zero-order valence-electron chi connectivity index (χ0n) is 16.8. The van der Waals surface area contributed by atoms with E-state index in [0.29, 0.717) is 25.1 Å². The van der Waals surface area contributed by atoms with Gasteiger partial charge >= 0.3 is 0 Å². The number of sulfone groups is 1. The number of ether oxygens (including phenoxy) is 1. The third kappa shape index (κ3) is 4.22. The number of hydrogen-bond donors (Lipinski definition) is 0. The number of amides is 1. The van der Waals surface area contributed by atoms with Crippen molar-refractivity contribution in [2.75, 3.05) is 25.2 Å². The quantitative estimate of drug-likeness (QED) is 0.738. The van der Waals surface area contributed by atoms with Crippen LogP contribution in [0.2, 0.25) is 0 Å². The molecule has 0 N–H and O–H groups in total. The van der Waals surface area contributed by atoms with Crippen LogP contribution in [0.4, 0.5) is 0 Å². The molecular weight excluding hydrogens is 378 g/mol. The van der Waals surface area contributed by atoms with Crippen LogP contribution in [0.25, 0.3) is 0 Å². The van der Waals surface area contributed by atoms with Crippen LogP contribution in [0.3, 0.4) is 0 Å². The molecule has 1 fully saturated rings. The van der Waals surface area contributed by atoms with Gasteiger partial charge in [0.2, 0.25) is 0 Å². The van der Waals surface area contributed by atoms with Gasteiger partial charge in [-0.25, -0.2) is 8.42 Å². The molecule has 0 unspecified atom stereocenters.